The largest absolute Gasteiger partial charge is 0.347 e. The van der Waals surface area contributed by atoms with E-state index in [4.69, 9.17) is 11.6 Å². The van der Waals surface area contributed by atoms with Gasteiger partial charge in [0.2, 0.25) is 0 Å². The lowest BCUT2D eigenvalue weighted by Gasteiger charge is -2.12. The first kappa shape index (κ1) is 13.0. The molecule has 0 radical (unpaired) electrons. The van der Waals surface area contributed by atoms with Crippen molar-refractivity contribution in [1.29, 1.82) is 0 Å². The quantitative estimate of drug-likeness (QED) is 0.809. The Morgan fingerprint density at radius 2 is 2.05 bits per heavy atom. The highest BCUT2D eigenvalue weighted by atomic mass is 35.5. The molecular weight excluding hydrogens is 256 g/mol. The summed E-state index contributed by atoms with van der Waals surface area (Å²) in [6, 6.07) is 9.04. The summed E-state index contributed by atoms with van der Waals surface area (Å²) < 4.78 is 2.30. The number of nitrogens with one attached hydrogen (secondary N) is 1. The number of rotatable bonds is 5. The van der Waals surface area contributed by atoms with Crippen LogP contribution in [0.4, 0.5) is 0 Å². The second-order valence-corrected chi connectivity index (χ2v) is 5.94. The van der Waals surface area contributed by atoms with E-state index in [2.05, 4.69) is 34.3 Å². The van der Waals surface area contributed by atoms with Gasteiger partial charge >= 0.3 is 0 Å². The minimum absolute atomic E-state index is 0.774. The van der Waals surface area contributed by atoms with Crippen molar-refractivity contribution in [3.05, 3.63) is 35.5 Å². The molecule has 0 atom stereocenters. The summed E-state index contributed by atoms with van der Waals surface area (Å²) in [4.78, 5) is 0. The van der Waals surface area contributed by atoms with Crippen LogP contribution in [0.15, 0.2) is 30.5 Å². The van der Waals surface area contributed by atoms with Gasteiger partial charge in [-0.25, -0.2) is 0 Å². The van der Waals surface area contributed by atoms with Gasteiger partial charge in [0, 0.05) is 29.3 Å². The Morgan fingerprint density at radius 3 is 2.89 bits per heavy atom. The van der Waals surface area contributed by atoms with Gasteiger partial charge < -0.3 is 9.88 Å². The van der Waals surface area contributed by atoms with Crippen molar-refractivity contribution in [2.45, 2.75) is 44.7 Å². The van der Waals surface area contributed by atoms with Crippen LogP contribution < -0.4 is 5.32 Å². The van der Waals surface area contributed by atoms with Crippen LogP contribution in [0, 0.1) is 0 Å². The number of benzene rings is 1. The van der Waals surface area contributed by atoms with Crippen molar-refractivity contribution in [2.24, 2.45) is 0 Å². The fraction of sp³-hybridized carbons (Fsp3) is 0.500. The molecule has 0 aliphatic heterocycles. The molecule has 0 unspecified atom stereocenters. The van der Waals surface area contributed by atoms with Gasteiger partial charge in [0.05, 0.1) is 0 Å². The summed E-state index contributed by atoms with van der Waals surface area (Å²) in [6.45, 7) is 2.18. The predicted octanol–water partition coefficient (Wildman–Crippen LogP) is 4.22. The van der Waals surface area contributed by atoms with Gasteiger partial charge in [-0.1, -0.05) is 30.5 Å². The summed E-state index contributed by atoms with van der Waals surface area (Å²) in [5, 5.41) is 5.75. The first-order valence-electron chi connectivity index (χ1n) is 7.31. The Balaban J connectivity index is 1.54. The molecule has 0 spiro atoms. The number of halogens is 1. The van der Waals surface area contributed by atoms with Gasteiger partial charge in [-0.3, -0.25) is 0 Å². The summed E-state index contributed by atoms with van der Waals surface area (Å²) >= 11 is 6.07. The van der Waals surface area contributed by atoms with Crippen molar-refractivity contribution in [2.75, 3.05) is 6.54 Å². The molecule has 3 rings (SSSR count). The Bertz CT molecular complexity index is 541. The van der Waals surface area contributed by atoms with Crippen LogP contribution in [-0.2, 0) is 6.54 Å². The molecule has 1 aromatic heterocycles. The zero-order chi connectivity index (χ0) is 13.1. The molecule has 1 saturated carbocycles. The number of hydrogen-bond donors (Lipinski definition) is 1. The zero-order valence-electron chi connectivity index (χ0n) is 11.2. The van der Waals surface area contributed by atoms with E-state index in [0.717, 1.165) is 24.2 Å². The predicted molar refractivity (Wildman–Crippen MR) is 81.8 cm³/mol. The topological polar surface area (TPSA) is 17.0 Å². The standard InChI is InChI=1S/C16H21ClN2/c17-14-7-6-13-8-11-19(16(13)12-14)10-3-9-18-15-4-1-2-5-15/h6-8,11-12,15,18H,1-5,9-10H2. The average molecular weight is 277 g/mol. The SMILES string of the molecule is Clc1ccc2ccn(CCCNC3CCCC3)c2c1. The smallest absolute Gasteiger partial charge is 0.0495 e. The van der Waals surface area contributed by atoms with Gasteiger partial charge in [0.15, 0.2) is 0 Å². The Kier molecular flexibility index (Phi) is 4.09. The van der Waals surface area contributed by atoms with E-state index in [1.165, 1.54) is 43.0 Å². The van der Waals surface area contributed by atoms with Crippen molar-refractivity contribution >= 4 is 22.5 Å². The minimum Gasteiger partial charge on any atom is -0.347 e. The molecule has 1 heterocycles. The van der Waals surface area contributed by atoms with Crippen molar-refractivity contribution in [1.82, 2.24) is 9.88 Å². The van der Waals surface area contributed by atoms with Gasteiger partial charge in [0.25, 0.3) is 0 Å². The van der Waals surface area contributed by atoms with E-state index < -0.39 is 0 Å². The lowest BCUT2D eigenvalue weighted by molar-refractivity contribution is 0.498. The number of aryl methyl sites for hydroxylation is 1. The Morgan fingerprint density at radius 1 is 1.21 bits per heavy atom. The third-order valence-electron chi connectivity index (χ3n) is 4.10. The van der Waals surface area contributed by atoms with Gasteiger partial charge in [0.1, 0.15) is 0 Å². The second-order valence-electron chi connectivity index (χ2n) is 5.50. The molecule has 0 amide bonds. The summed E-state index contributed by atoms with van der Waals surface area (Å²) in [7, 11) is 0. The van der Waals surface area contributed by atoms with E-state index in [0.29, 0.717) is 0 Å². The molecule has 0 bridgehead atoms. The molecule has 19 heavy (non-hydrogen) atoms. The highest BCUT2D eigenvalue weighted by molar-refractivity contribution is 6.31. The summed E-state index contributed by atoms with van der Waals surface area (Å²) in [5.41, 5.74) is 1.24. The number of aromatic nitrogens is 1. The third kappa shape index (κ3) is 3.13. The molecule has 3 heteroatoms. The van der Waals surface area contributed by atoms with Gasteiger partial charge in [-0.05, 0) is 49.4 Å². The molecule has 102 valence electrons. The lowest BCUT2D eigenvalue weighted by atomic mass is 10.2. The van der Waals surface area contributed by atoms with Crippen molar-refractivity contribution < 1.29 is 0 Å². The average Bonchev–Trinajstić information content (AvgIpc) is 3.04. The van der Waals surface area contributed by atoms with Crippen LogP contribution in [0.2, 0.25) is 5.02 Å². The number of hydrogen-bond acceptors (Lipinski definition) is 1. The van der Waals surface area contributed by atoms with Crippen LogP contribution in [0.5, 0.6) is 0 Å². The third-order valence-corrected chi connectivity index (χ3v) is 4.34. The first-order valence-corrected chi connectivity index (χ1v) is 7.68. The normalized spacial score (nSPS) is 16.5. The number of fused-ring (bicyclic) bond motifs is 1. The fourth-order valence-corrected chi connectivity index (χ4v) is 3.20. The lowest BCUT2D eigenvalue weighted by Crippen LogP contribution is -2.27. The molecule has 2 nitrogen and oxygen atoms in total. The maximum absolute atomic E-state index is 6.07. The van der Waals surface area contributed by atoms with Crippen LogP contribution >= 0.6 is 11.6 Å². The molecule has 1 N–H and O–H groups in total. The molecule has 1 aromatic carbocycles. The zero-order valence-corrected chi connectivity index (χ0v) is 12.0. The second kappa shape index (κ2) is 5.98. The summed E-state index contributed by atoms with van der Waals surface area (Å²) in [5.74, 6) is 0. The van der Waals surface area contributed by atoms with Crippen LogP contribution in [0.1, 0.15) is 32.1 Å². The summed E-state index contributed by atoms with van der Waals surface area (Å²) in [6.07, 6.45) is 8.87. The highest BCUT2D eigenvalue weighted by Crippen LogP contribution is 2.21. The minimum atomic E-state index is 0.774. The molecule has 0 saturated heterocycles. The molecule has 2 aromatic rings. The Hall–Kier alpha value is -0.990. The van der Waals surface area contributed by atoms with Gasteiger partial charge in [-0.2, -0.15) is 0 Å². The van der Waals surface area contributed by atoms with Gasteiger partial charge in [-0.15, -0.1) is 0 Å². The maximum atomic E-state index is 6.07. The van der Waals surface area contributed by atoms with Crippen LogP contribution in [-0.4, -0.2) is 17.2 Å². The molecule has 1 aliphatic rings. The monoisotopic (exact) mass is 276 g/mol. The van der Waals surface area contributed by atoms with Crippen molar-refractivity contribution in [3.8, 4) is 0 Å². The first-order chi connectivity index (χ1) is 9.33. The van der Waals surface area contributed by atoms with Crippen molar-refractivity contribution in [3.63, 3.8) is 0 Å². The number of nitrogens with zero attached hydrogens (tertiary/aromatic N) is 1. The van der Waals surface area contributed by atoms with E-state index in [9.17, 15) is 0 Å². The Labute approximate surface area is 119 Å². The fourth-order valence-electron chi connectivity index (χ4n) is 3.04. The highest BCUT2D eigenvalue weighted by Gasteiger charge is 2.13. The molecule has 1 fully saturated rings. The van der Waals surface area contributed by atoms with E-state index in [-0.39, 0.29) is 0 Å². The molecular formula is C16H21ClN2. The van der Waals surface area contributed by atoms with E-state index >= 15 is 0 Å². The van der Waals surface area contributed by atoms with Crippen LogP contribution in [0.3, 0.4) is 0 Å². The molecule has 1 aliphatic carbocycles. The van der Waals surface area contributed by atoms with E-state index in [1.807, 2.05) is 6.07 Å². The van der Waals surface area contributed by atoms with E-state index in [1.54, 1.807) is 0 Å². The van der Waals surface area contributed by atoms with Crippen LogP contribution in [0.25, 0.3) is 10.9 Å². The maximum Gasteiger partial charge on any atom is 0.0495 e.